The highest BCUT2D eigenvalue weighted by Gasteiger charge is 2.27. The Kier molecular flexibility index (Phi) is 4.78. The Balaban J connectivity index is 1.82. The van der Waals surface area contributed by atoms with Crippen molar-refractivity contribution in [3.05, 3.63) is 46.1 Å². The van der Waals surface area contributed by atoms with Crippen molar-refractivity contribution in [2.24, 2.45) is 5.92 Å². The van der Waals surface area contributed by atoms with Crippen molar-refractivity contribution in [3.8, 4) is 0 Å². The van der Waals surface area contributed by atoms with E-state index < -0.39 is 11.5 Å². The molecule has 3 rings (SSSR count). The summed E-state index contributed by atoms with van der Waals surface area (Å²) >= 11 is 0. The van der Waals surface area contributed by atoms with Gasteiger partial charge in [0.1, 0.15) is 5.82 Å². The van der Waals surface area contributed by atoms with Crippen LogP contribution in [0, 0.1) is 11.7 Å². The number of hydrogen-bond acceptors (Lipinski definition) is 5. The molecule has 0 unspecified atom stereocenters. The zero-order chi connectivity index (χ0) is 18.0. The third-order valence-corrected chi connectivity index (χ3v) is 4.08. The standard InChI is InChI=1S/C17H20FN5O2/c1-11(2)7-8-19-15(24)14-16(25)23-10-9-22(17(23)21-20-14)13-5-3-12(18)4-6-13/h3-6,11H,7-10H2,1-2H3,(H,19,24). The maximum atomic E-state index is 13.1. The number of hydrogen-bond donors (Lipinski definition) is 1. The number of rotatable bonds is 5. The Labute approximate surface area is 144 Å². The summed E-state index contributed by atoms with van der Waals surface area (Å²) in [6.07, 6.45) is 0.823. The van der Waals surface area contributed by atoms with Crippen molar-refractivity contribution >= 4 is 17.5 Å². The lowest BCUT2D eigenvalue weighted by Crippen LogP contribution is -2.35. The molecule has 1 aromatic heterocycles. The molecule has 0 fully saturated rings. The third kappa shape index (κ3) is 3.52. The summed E-state index contributed by atoms with van der Waals surface area (Å²) in [5, 5.41) is 10.6. The van der Waals surface area contributed by atoms with Gasteiger partial charge in [-0.05, 0) is 36.6 Å². The van der Waals surface area contributed by atoms with Crippen LogP contribution in [0.2, 0.25) is 0 Å². The van der Waals surface area contributed by atoms with Crippen LogP contribution in [0.1, 0.15) is 30.8 Å². The first-order chi connectivity index (χ1) is 12.0. The van der Waals surface area contributed by atoms with Crippen LogP contribution in [0.4, 0.5) is 16.0 Å². The maximum absolute atomic E-state index is 13.1. The van der Waals surface area contributed by atoms with E-state index in [9.17, 15) is 14.0 Å². The Bertz CT molecular complexity index is 832. The van der Waals surface area contributed by atoms with E-state index >= 15 is 0 Å². The van der Waals surface area contributed by atoms with Crippen molar-refractivity contribution in [1.82, 2.24) is 20.1 Å². The van der Waals surface area contributed by atoms with Crippen LogP contribution in [-0.2, 0) is 6.54 Å². The largest absolute Gasteiger partial charge is 0.350 e. The molecule has 0 spiro atoms. The van der Waals surface area contributed by atoms with Gasteiger partial charge in [-0.25, -0.2) is 4.39 Å². The molecule has 1 aliphatic rings. The molecular weight excluding hydrogens is 325 g/mol. The van der Waals surface area contributed by atoms with Gasteiger partial charge in [-0.2, -0.15) is 0 Å². The van der Waals surface area contributed by atoms with Gasteiger partial charge in [0.2, 0.25) is 11.6 Å². The van der Waals surface area contributed by atoms with Crippen LogP contribution in [0.3, 0.4) is 0 Å². The highest BCUT2D eigenvalue weighted by molar-refractivity contribution is 5.91. The van der Waals surface area contributed by atoms with Crippen molar-refractivity contribution in [2.75, 3.05) is 18.0 Å². The fourth-order valence-corrected chi connectivity index (χ4v) is 2.68. The summed E-state index contributed by atoms with van der Waals surface area (Å²) in [7, 11) is 0. The summed E-state index contributed by atoms with van der Waals surface area (Å²) in [5.41, 5.74) is 0.0561. The normalized spacial score (nSPS) is 13.2. The molecule has 0 atom stereocenters. The number of carbonyl (C=O) groups is 1. The van der Waals surface area contributed by atoms with E-state index in [4.69, 9.17) is 0 Å². The van der Waals surface area contributed by atoms with Crippen molar-refractivity contribution in [3.63, 3.8) is 0 Å². The number of carbonyl (C=O) groups excluding carboxylic acids is 1. The van der Waals surface area contributed by atoms with Gasteiger partial charge in [-0.3, -0.25) is 14.2 Å². The van der Waals surface area contributed by atoms with E-state index in [0.29, 0.717) is 31.5 Å². The van der Waals surface area contributed by atoms with E-state index in [1.807, 2.05) is 0 Å². The molecular formula is C17H20FN5O2. The van der Waals surface area contributed by atoms with Crippen molar-refractivity contribution < 1.29 is 9.18 Å². The van der Waals surface area contributed by atoms with Gasteiger partial charge >= 0.3 is 0 Å². The second kappa shape index (κ2) is 7.00. The average Bonchev–Trinajstić information content (AvgIpc) is 3.00. The summed E-state index contributed by atoms with van der Waals surface area (Å²) in [6.45, 7) is 5.50. The molecule has 0 bridgehead atoms. The average molecular weight is 345 g/mol. The molecule has 0 radical (unpaired) electrons. The second-order valence-corrected chi connectivity index (χ2v) is 6.37. The minimum atomic E-state index is -0.506. The molecule has 7 nitrogen and oxygen atoms in total. The molecule has 2 aromatic rings. The van der Waals surface area contributed by atoms with Gasteiger partial charge in [-0.1, -0.05) is 13.8 Å². The Hall–Kier alpha value is -2.77. The molecule has 8 heteroatoms. The molecule has 0 saturated heterocycles. The number of nitrogens with one attached hydrogen (secondary N) is 1. The molecule has 1 aliphatic heterocycles. The van der Waals surface area contributed by atoms with Crippen LogP contribution in [-0.4, -0.2) is 33.8 Å². The monoisotopic (exact) mass is 345 g/mol. The van der Waals surface area contributed by atoms with Crippen LogP contribution < -0.4 is 15.8 Å². The van der Waals surface area contributed by atoms with Gasteiger partial charge in [-0.15, -0.1) is 10.2 Å². The minimum Gasteiger partial charge on any atom is -0.350 e. The Morgan fingerprint density at radius 2 is 1.96 bits per heavy atom. The van der Waals surface area contributed by atoms with Crippen molar-refractivity contribution in [1.29, 1.82) is 0 Å². The number of anilines is 2. The predicted octanol–water partition coefficient (Wildman–Crippen LogP) is 1.70. The predicted molar refractivity (Wildman–Crippen MR) is 91.5 cm³/mol. The van der Waals surface area contributed by atoms with E-state index in [2.05, 4.69) is 29.4 Å². The molecule has 132 valence electrons. The van der Waals surface area contributed by atoms with Crippen LogP contribution in [0.25, 0.3) is 0 Å². The van der Waals surface area contributed by atoms with Crippen LogP contribution in [0.5, 0.6) is 0 Å². The van der Waals surface area contributed by atoms with Crippen LogP contribution in [0.15, 0.2) is 29.1 Å². The van der Waals surface area contributed by atoms with Gasteiger partial charge < -0.3 is 10.2 Å². The molecule has 1 amide bonds. The Morgan fingerprint density at radius 1 is 1.24 bits per heavy atom. The van der Waals surface area contributed by atoms with Crippen LogP contribution >= 0.6 is 0 Å². The fourth-order valence-electron chi connectivity index (χ4n) is 2.68. The molecule has 1 aromatic carbocycles. The number of aromatic nitrogens is 3. The summed E-state index contributed by atoms with van der Waals surface area (Å²) in [6, 6.07) is 5.92. The SMILES string of the molecule is CC(C)CCNC(=O)c1nnc2n(c1=O)CCN2c1ccc(F)cc1. The lowest BCUT2D eigenvalue weighted by atomic mass is 10.1. The highest BCUT2D eigenvalue weighted by Crippen LogP contribution is 2.26. The topological polar surface area (TPSA) is 80.1 Å². The number of halogens is 1. The number of fused-ring (bicyclic) bond motifs is 1. The van der Waals surface area contributed by atoms with Gasteiger partial charge in [0, 0.05) is 25.3 Å². The highest BCUT2D eigenvalue weighted by atomic mass is 19.1. The first-order valence-corrected chi connectivity index (χ1v) is 8.26. The third-order valence-electron chi connectivity index (χ3n) is 4.08. The molecule has 2 heterocycles. The molecule has 0 aliphatic carbocycles. The fraction of sp³-hybridized carbons (Fsp3) is 0.412. The minimum absolute atomic E-state index is 0.200. The number of benzene rings is 1. The lowest BCUT2D eigenvalue weighted by Gasteiger charge is -2.16. The second-order valence-electron chi connectivity index (χ2n) is 6.37. The van der Waals surface area contributed by atoms with Gasteiger partial charge in [0.05, 0.1) is 0 Å². The van der Waals surface area contributed by atoms with E-state index in [1.165, 1.54) is 16.7 Å². The maximum Gasteiger partial charge on any atom is 0.286 e. The first-order valence-electron chi connectivity index (χ1n) is 8.26. The smallest absolute Gasteiger partial charge is 0.286 e. The van der Waals surface area contributed by atoms with Gasteiger partial charge in [0.15, 0.2) is 0 Å². The number of nitrogens with zero attached hydrogens (tertiary/aromatic N) is 4. The molecule has 1 N–H and O–H groups in total. The van der Waals surface area contributed by atoms with E-state index in [0.717, 1.165) is 12.1 Å². The molecule has 0 saturated carbocycles. The quantitative estimate of drug-likeness (QED) is 0.892. The number of amides is 1. The summed E-state index contributed by atoms with van der Waals surface area (Å²) < 4.78 is 14.5. The van der Waals surface area contributed by atoms with E-state index in [-0.39, 0.29) is 11.5 Å². The molecule has 25 heavy (non-hydrogen) atoms. The van der Waals surface area contributed by atoms with Gasteiger partial charge in [0.25, 0.3) is 11.5 Å². The zero-order valence-corrected chi connectivity index (χ0v) is 14.2. The zero-order valence-electron chi connectivity index (χ0n) is 14.2. The first kappa shape index (κ1) is 17.1. The lowest BCUT2D eigenvalue weighted by molar-refractivity contribution is 0.0943. The van der Waals surface area contributed by atoms with E-state index in [1.54, 1.807) is 17.0 Å². The summed E-state index contributed by atoms with van der Waals surface area (Å²) in [5.74, 6) is -0.0272. The summed E-state index contributed by atoms with van der Waals surface area (Å²) in [4.78, 5) is 26.5. The Morgan fingerprint density at radius 3 is 2.64 bits per heavy atom. The van der Waals surface area contributed by atoms with Crippen molar-refractivity contribution in [2.45, 2.75) is 26.8 Å².